The summed E-state index contributed by atoms with van der Waals surface area (Å²) in [4.78, 5) is 38.7. The van der Waals surface area contributed by atoms with E-state index in [4.69, 9.17) is 0 Å². The Bertz CT molecular complexity index is 877. The molecule has 0 fully saturated rings. The van der Waals surface area contributed by atoms with Gasteiger partial charge in [0.25, 0.3) is 0 Å². The molecule has 6 N–H and O–H groups in total. The fraction of sp³-hybridized carbons (Fsp3) is 0.690. The van der Waals surface area contributed by atoms with Crippen LogP contribution in [-0.2, 0) is 20.8 Å². The number of carbonyl (C=O) groups excluding carboxylic acids is 3. The Morgan fingerprint density at radius 3 is 2.03 bits per heavy atom. The third kappa shape index (κ3) is 12.8. The maximum absolute atomic E-state index is 13.4. The Labute approximate surface area is 229 Å². The molecule has 0 aliphatic carbocycles. The minimum Gasteiger partial charge on any atom is -0.390 e. The lowest BCUT2D eigenvalue weighted by molar-refractivity contribution is -0.132. The molecule has 0 bridgehead atoms. The van der Waals surface area contributed by atoms with Crippen LogP contribution >= 0.6 is 0 Å². The molecule has 216 valence electrons. The van der Waals surface area contributed by atoms with E-state index in [1.165, 1.54) is 0 Å². The summed E-state index contributed by atoms with van der Waals surface area (Å²) in [5.74, 6) is -0.511. The second kappa shape index (κ2) is 15.2. The van der Waals surface area contributed by atoms with Crippen molar-refractivity contribution in [1.82, 2.24) is 26.6 Å². The first-order valence-electron chi connectivity index (χ1n) is 13.5. The van der Waals surface area contributed by atoms with Gasteiger partial charge >= 0.3 is 0 Å². The molecule has 4 atom stereocenters. The summed E-state index contributed by atoms with van der Waals surface area (Å²) in [7, 11) is 1.67. The highest BCUT2D eigenvalue weighted by molar-refractivity contribution is 5.89. The summed E-state index contributed by atoms with van der Waals surface area (Å²) < 4.78 is 0. The van der Waals surface area contributed by atoms with Crippen LogP contribution in [0.1, 0.15) is 67.4 Å². The van der Waals surface area contributed by atoms with Crippen molar-refractivity contribution in [2.75, 3.05) is 20.1 Å². The number of hydrogen-bond acceptors (Lipinski definition) is 6. The molecule has 0 aliphatic heterocycles. The highest BCUT2D eigenvalue weighted by atomic mass is 16.3. The van der Waals surface area contributed by atoms with Gasteiger partial charge in [-0.3, -0.25) is 14.4 Å². The van der Waals surface area contributed by atoms with E-state index in [2.05, 4.69) is 26.6 Å². The van der Waals surface area contributed by atoms with Crippen molar-refractivity contribution >= 4 is 17.7 Å². The van der Waals surface area contributed by atoms with E-state index in [0.29, 0.717) is 12.8 Å². The van der Waals surface area contributed by atoms with Crippen molar-refractivity contribution in [3.63, 3.8) is 0 Å². The maximum atomic E-state index is 13.4. The van der Waals surface area contributed by atoms with Gasteiger partial charge in [-0.25, -0.2) is 0 Å². The summed E-state index contributed by atoms with van der Waals surface area (Å²) in [6, 6.07) is 7.67. The number of benzene rings is 1. The van der Waals surface area contributed by atoms with Crippen LogP contribution in [0.4, 0.5) is 0 Å². The number of aliphatic hydroxyl groups excluding tert-OH is 1. The van der Waals surface area contributed by atoms with Crippen LogP contribution in [0.2, 0.25) is 0 Å². The van der Waals surface area contributed by atoms with Gasteiger partial charge in [0.1, 0.15) is 6.04 Å². The summed E-state index contributed by atoms with van der Waals surface area (Å²) in [6.07, 6.45) is 0.0122. The smallest absolute Gasteiger partial charge is 0.243 e. The van der Waals surface area contributed by atoms with Crippen molar-refractivity contribution in [2.45, 2.75) is 98.0 Å². The summed E-state index contributed by atoms with van der Waals surface area (Å²) in [5.41, 5.74) is 0.0184. The molecule has 4 unspecified atom stereocenters. The normalized spacial score (nSPS) is 15.3. The Morgan fingerprint density at radius 2 is 1.53 bits per heavy atom. The molecule has 9 heteroatoms. The van der Waals surface area contributed by atoms with Crippen LogP contribution in [-0.4, -0.2) is 72.7 Å². The summed E-state index contributed by atoms with van der Waals surface area (Å²) in [5, 5.41) is 26.1. The van der Waals surface area contributed by atoms with Gasteiger partial charge in [-0.15, -0.1) is 0 Å². The third-order valence-corrected chi connectivity index (χ3v) is 5.96. The van der Waals surface area contributed by atoms with Crippen molar-refractivity contribution in [2.24, 2.45) is 11.3 Å². The summed E-state index contributed by atoms with van der Waals surface area (Å²) >= 11 is 0. The van der Waals surface area contributed by atoms with Gasteiger partial charge in [0, 0.05) is 12.1 Å². The Morgan fingerprint density at radius 1 is 0.921 bits per heavy atom. The van der Waals surface area contributed by atoms with E-state index >= 15 is 0 Å². The molecule has 0 aromatic heterocycles. The average Bonchev–Trinajstić information content (AvgIpc) is 2.78. The van der Waals surface area contributed by atoms with Crippen LogP contribution in [0.15, 0.2) is 30.3 Å². The Hall–Kier alpha value is -2.49. The molecule has 38 heavy (non-hydrogen) atoms. The van der Waals surface area contributed by atoms with Crippen molar-refractivity contribution in [3.8, 4) is 0 Å². The SMILES string of the molecule is CNCC(=O)NC(C(=O)NC(Cc1ccccc1)C(O)CNC(CC(C)C)C(=O)NC(C)(C)C)C(C)(C)C. The number of nitrogens with one attached hydrogen (secondary N) is 5. The second-order valence-electron chi connectivity index (χ2n) is 12.6. The average molecular weight is 534 g/mol. The van der Waals surface area contributed by atoms with Crippen LogP contribution in [0.3, 0.4) is 0 Å². The zero-order valence-corrected chi connectivity index (χ0v) is 24.8. The van der Waals surface area contributed by atoms with Crippen LogP contribution < -0.4 is 26.6 Å². The van der Waals surface area contributed by atoms with Crippen LogP contribution in [0.5, 0.6) is 0 Å². The zero-order valence-electron chi connectivity index (χ0n) is 24.8. The fourth-order valence-corrected chi connectivity index (χ4v) is 4.08. The molecule has 0 spiro atoms. The van der Waals surface area contributed by atoms with Crippen molar-refractivity contribution in [3.05, 3.63) is 35.9 Å². The first-order chi connectivity index (χ1) is 17.5. The van der Waals surface area contributed by atoms with E-state index in [-0.39, 0.29) is 42.3 Å². The highest BCUT2D eigenvalue weighted by Gasteiger charge is 2.35. The standard InChI is InChI=1S/C29H51N5O4/c1-19(2)15-22(26(37)34-29(6,7)8)31-17-23(35)21(16-20-13-11-10-12-14-20)32-27(38)25(28(3,4)5)33-24(36)18-30-9/h10-14,19,21-23,25,30-31,35H,15-18H2,1-9H3,(H,32,38)(H,33,36)(H,34,37). The molecule has 1 aromatic carbocycles. The van der Waals surface area contributed by atoms with Crippen molar-refractivity contribution < 1.29 is 19.5 Å². The predicted molar refractivity (Wildman–Crippen MR) is 153 cm³/mol. The number of aliphatic hydroxyl groups is 1. The minimum absolute atomic E-state index is 0.0910. The molecule has 3 amide bonds. The molecule has 0 saturated carbocycles. The molecule has 0 aliphatic rings. The number of amides is 3. The van der Waals surface area contributed by atoms with Gasteiger partial charge in [0.15, 0.2) is 0 Å². The quantitative estimate of drug-likeness (QED) is 0.216. The van der Waals surface area contributed by atoms with E-state index in [9.17, 15) is 19.5 Å². The van der Waals surface area contributed by atoms with Gasteiger partial charge in [-0.1, -0.05) is 65.0 Å². The molecular formula is C29H51N5O4. The molecule has 1 rings (SSSR count). The number of hydrogen-bond donors (Lipinski definition) is 6. The molecular weight excluding hydrogens is 482 g/mol. The largest absolute Gasteiger partial charge is 0.390 e. The zero-order chi connectivity index (χ0) is 29.1. The van der Waals surface area contributed by atoms with Gasteiger partial charge in [0.05, 0.1) is 24.7 Å². The van der Waals surface area contributed by atoms with Gasteiger partial charge in [-0.05, 0) is 57.6 Å². The minimum atomic E-state index is -0.982. The monoisotopic (exact) mass is 533 g/mol. The lowest BCUT2D eigenvalue weighted by atomic mass is 9.85. The number of rotatable bonds is 14. The van der Waals surface area contributed by atoms with Crippen molar-refractivity contribution in [1.29, 1.82) is 0 Å². The molecule has 0 saturated heterocycles. The number of carbonyl (C=O) groups is 3. The Balaban J connectivity index is 3.11. The maximum Gasteiger partial charge on any atom is 0.243 e. The van der Waals surface area contributed by atoms with Gasteiger partial charge in [-0.2, -0.15) is 0 Å². The van der Waals surface area contributed by atoms with E-state index in [1.807, 2.05) is 85.7 Å². The topological polar surface area (TPSA) is 132 Å². The molecule has 1 aromatic rings. The number of likely N-dealkylation sites (N-methyl/N-ethyl adjacent to an activating group) is 1. The third-order valence-electron chi connectivity index (χ3n) is 5.96. The van der Waals surface area contributed by atoms with Gasteiger partial charge < -0.3 is 31.7 Å². The first kappa shape index (κ1) is 33.5. The van der Waals surface area contributed by atoms with E-state index < -0.39 is 29.6 Å². The Kier molecular flexibility index (Phi) is 13.4. The van der Waals surface area contributed by atoms with E-state index in [0.717, 1.165) is 5.56 Å². The fourth-order valence-electron chi connectivity index (χ4n) is 4.08. The van der Waals surface area contributed by atoms with Gasteiger partial charge in [0.2, 0.25) is 17.7 Å². The van der Waals surface area contributed by atoms with Crippen LogP contribution in [0, 0.1) is 11.3 Å². The molecule has 0 heterocycles. The lowest BCUT2D eigenvalue weighted by Gasteiger charge is -2.34. The van der Waals surface area contributed by atoms with Crippen LogP contribution in [0.25, 0.3) is 0 Å². The first-order valence-corrected chi connectivity index (χ1v) is 13.5. The lowest BCUT2D eigenvalue weighted by Crippen LogP contribution is -2.60. The second-order valence-corrected chi connectivity index (χ2v) is 12.6. The predicted octanol–water partition coefficient (Wildman–Crippen LogP) is 1.74. The van der Waals surface area contributed by atoms with E-state index in [1.54, 1.807) is 7.05 Å². The summed E-state index contributed by atoms with van der Waals surface area (Å²) in [6.45, 7) is 15.7. The molecule has 0 radical (unpaired) electrons. The molecule has 9 nitrogen and oxygen atoms in total. The highest BCUT2D eigenvalue weighted by Crippen LogP contribution is 2.20.